The molecule has 0 saturated heterocycles. The topological polar surface area (TPSA) is 70.8 Å². The zero-order valence-electron chi connectivity index (χ0n) is 14.1. The molecule has 0 atom stereocenters. The Balaban J connectivity index is 1.60. The standard InChI is InChI=1S/C17H18ClN5OS/c1-10-6-11(2)15(12(3)7-10)19-9-14(24)22-20-8-13-16(18)21-17-23(13)4-5-25-17/h4-8,19H,9H2,1-3H3,(H,22,24)/b20-8-. The van der Waals surface area contributed by atoms with Gasteiger partial charge in [-0.15, -0.1) is 11.3 Å². The molecule has 2 heterocycles. The molecule has 130 valence electrons. The number of hydrazone groups is 1. The fourth-order valence-corrected chi connectivity index (χ4v) is 3.72. The van der Waals surface area contributed by atoms with Crippen molar-refractivity contribution in [2.24, 2.45) is 5.10 Å². The van der Waals surface area contributed by atoms with E-state index in [2.05, 4.69) is 39.9 Å². The number of imidazole rings is 1. The first-order chi connectivity index (χ1) is 12.0. The molecule has 0 bridgehead atoms. The number of thiazole rings is 1. The number of benzene rings is 1. The van der Waals surface area contributed by atoms with E-state index in [-0.39, 0.29) is 12.5 Å². The molecule has 0 saturated carbocycles. The number of aromatic nitrogens is 2. The molecular weight excluding hydrogens is 358 g/mol. The summed E-state index contributed by atoms with van der Waals surface area (Å²) in [4.78, 5) is 17.0. The molecule has 2 N–H and O–H groups in total. The number of aryl methyl sites for hydroxylation is 3. The van der Waals surface area contributed by atoms with Gasteiger partial charge in [0.1, 0.15) is 5.69 Å². The third-order valence-corrected chi connectivity index (χ3v) is 4.77. The minimum Gasteiger partial charge on any atom is -0.376 e. The maximum absolute atomic E-state index is 12.0. The molecule has 3 aromatic rings. The van der Waals surface area contributed by atoms with Crippen molar-refractivity contribution in [3.05, 3.63) is 51.2 Å². The Labute approximate surface area is 154 Å². The Kier molecular flexibility index (Phi) is 5.06. The number of fused-ring (bicyclic) bond motifs is 1. The lowest BCUT2D eigenvalue weighted by Crippen LogP contribution is -2.26. The van der Waals surface area contributed by atoms with E-state index < -0.39 is 0 Å². The SMILES string of the molecule is Cc1cc(C)c(NCC(=O)N/N=C\c2c(Cl)nc3sccn23)c(C)c1. The first-order valence-electron chi connectivity index (χ1n) is 7.70. The summed E-state index contributed by atoms with van der Waals surface area (Å²) in [5.74, 6) is -0.238. The highest BCUT2D eigenvalue weighted by Crippen LogP contribution is 2.21. The van der Waals surface area contributed by atoms with Crippen LogP contribution in [0.5, 0.6) is 0 Å². The van der Waals surface area contributed by atoms with Gasteiger partial charge in [-0.3, -0.25) is 9.20 Å². The molecule has 8 heteroatoms. The van der Waals surface area contributed by atoms with Crippen molar-refractivity contribution in [1.29, 1.82) is 0 Å². The zero-order chi connectivity index (χ0) is 18.0. The Morgan fingerprint density at radius 1 is 1.36 bits per heavy atom. The second kappa shape index (κ2) is 7.25. The van der Waals surface area contributed by atoms with Gasteiger partial charge in [0.05, 0.1) is 12.8 Å². The Hall–Kier alpha value is -2.38. The Morgan fingerprint density at radius 3 is 2.80 bits per heavy atom. The lowest BCUT2D eigenvalue weighted by atomic mass is 10.1. The van der Waals surface area contributed by atoms with E-state index in [1.54, 1.807) is 0 Å². The predicted octanol–water partition coefficient (Wildman–Crippen LogP) is 3.54. The van der Waals surface area contributed by atoms with Crippen LogP contribution in [0.15, 0.2) is 28.8 Å². The number of halogens is 1. The smallest absolute Gasteiger partial charge is 0.259 e. The third kappa shape index (κ3) is 3.83. The van der Waals surface area contributed by atoms with Crippen LogP contribution in [0, 0.1) is 20.8 Å². The van der Waals surface area contributed by atoms with Gasteiger partial charge in [0.25, 0.3) is 5.91 Å². The van der Waals surface area contributed by atoms with Crippen molar-refractivity contribution >= 4 is 45.7 Å². The summed E-state index contributed by atoms with van der Waals surface area (Å²) in [7, 11) is 0. The van der Waals surface area contributed by atoms with Crippen LogP contribution in [0.4, 0.5) is 5.69 Å². The summed E-state index contributed by atoms with van der Waals surface area (Å²) >= 11 is 7.55. The largest absolute Gasteiger partial charge is 0.376 e. The molecule has 0 radical (unpaired) electrons. The van der Waals surface area contributed by atoms with Crippen LogP contribution in [-0.4, -0.2) is 28.1 Å². The van der Waals surface area contributed by atoms with E-state index in [1.165, 1.54) is 23.1 Å². The predicted molar refractivity (Wildman–Crippen MR) is 103 cm³/mol. The van der Waals surface area contributed by atoms with Crippen LogP contribution >= 0.6 is 22.9 Å². The number of nitrogens with one attached hydrogen (secondary N) is 2. The Morgan fingerprint density at radius 2 is 2.08 bits per heavy atom. The first-order valence-corrected chi connectivity index (χ1v) is 8.96. The molecule has 0 unspecified atom stereocenters. The number of carbonyl (C=O) groups excluding carboxylic acids is 1. The fraction of sp³-hybridized carbons (Fsp3) is 0.235. The summed E-state index contributed by atoms with van der Waals surface area (Å²) in [5.41, 5.74) is 7.53. The number of hydrogen-bond donors (Lipinski definition) is 2. The highest BCUT2D eigenvalue weighted by Gasteiger charge is 2.09. The van der Waals surface area contributed by atoms with Gasteiger partial charge < -0.3 is 5.32 Å². The van der Waals surface area contributed by atoms with E-state index in [0.29, 0.717) is 10.8 Å². The van der Waals surface area contributed by atoms with Gasteiger partial charge in [-0.1, -0.05) is 29.3 Å². The van der Waals surface area contributed by atoms with Gasteiger partial charge in [-0.25, -0.2) is 10.4 Å². The number of rotatable bonds is 5. The highest BCUT2D eigenvalue weighted by molar-refractivity contribution is 7.15. The van der Waals surface area contributed by atoms with Crippen LogP contribution in [0.25, 0.3) is 4.96 Å². The summed E-state index contributed by atoms with van der Waals surface area (Å²) in [6.45, 7) is 6.23. The number of anilines is 1. The van der Waals surface area contributed by atoms with Crippen molar-refractivity contribution < 1.29 is 4.79 Å². The average molecular weight is 376 g/mol. The molecular formula is C17H18ClN5OS. The number of carbonyl (C=O) groups is 1. The maximum Gasteiger partial charge on any atom is 0.259 e. The second-order valence-corrected chi connectivity index (χ2v) is 6.99. The molecule has 3 rings (SSSR count). The van der Waals surface area contributed by atoms with Gasteiger partial charge in [0.15, 0.2) is 10.1 Å². The molecule has 25 heavy (non-hydrogen) atoms. The van der Waals surface area contributed by atoms with Gasteiger partial charge in [-0.2, -0.15) is 5.10 Å². The fourth-order valence-electron chi connectivity index (χ4n) is 2.72. The number of amides is 1. The van der Waals surface area contributed by atoms with Crippen molar-refractivity contribution in [2.75, 3.05) is 11.9 Å². The lowest BCUT2D eigenvalue weighted by Gasteiger charge is -2.13. The molecule has 0 spiro atoms. The minimum absolute atomic E-state index is 0.135. The van der Waals surface area contributed by atoms with Crippen LogP contribution in [-0.2, 0) is 4.79 Å². The monoisotopic (exact) mass is 375 g/mol. The molecule has 0 aliphatic carbocycles. The Bertz CT molecular complexity index is 936. The van der Waals surface area contributed by atoms with E-state index >= 15 is 0 Å². The van der Waals surface area contributed by atoms with Crippen molar-refractivity contribution in [3.8, 4) is 0 Å². The van der Waals surface area contributed by atoms with E-state index in [0.717, 1.165) is 21.8 Å². The molecule has 1 amide bonds. The van der Waals surface area contributed by atoms with Crippen molar-refractivity contribution in [3.63, 3.8) is 0 Å². The van der Waals surface area contributed by atoms with Crippen LogP contribution in [0.1, 0.15) is 22.4 Å². The van der Waals surface area contributed by atoms with Gasteiger partial charge in [0, 0.05) is 17.3 Å². The third-order valence-electron chi connectivity index (χ3n) is 3.73. The van der Waals surface area contributed by atoms with Gasteiger partial charge >= 0.3 is 0 Å². The average Bonchev–Trinajstić information content (AvgIpc) is 3.08. The van der Waals surface area contributed by atoms with E-state index in [4.69, 9.17) is 11.6 Å². The van der Waals surface area contributed by atoms with Crippen molar-refractivity contribution in [2.45, 2.75) is 20.8 Å². The van der Waals surface area contributed by atoms with Crippen LogP contribution < -0.4 is 10.7 Å². The summed E-state index contributed by atoms with van der Waals surface area (Å²) < 4.78 is 1.82. The lowest BCUT2D eigenvalue weighted by molar-refractivity contribution is -0.119. The molecule has 0 aliphatic rings. The first kappa shape index (κ1) is 17.4. The number of hydrogen-bond acceptors (Lipinski definition) is 5. The molecule has 6 nitrogen and oxygen atoms in total. The minimum atomic E-state index is -0.238. The summed E-state index contributed by atoms with van der Waals surface area (Å²) in [6.07, 6.45) is 3.35. The molecule has 2 aromatic heterocycles. The van der Waals surface area contributed by atoms with Gasteiger partial charge in [-0.05, 0) is 31.9 Å². The highest BCUT2D eigenvalue weighted by atomic mass is 35.5. The maximum atomic E-state index is 12.0. The summed E-state index contributed by atoms with van der Waals surface area (Å²) in [5, 5.41) is 9.39. The van der Waals surface area contributed by atoms with Crippen LogP contribution in [0.3, 0.4) is 0 Å². The van der Waals surface area contributed by atoms with Crippen molar-refractivity contribution in [1.82, 2.24) is 14.8 Å². The van der Waals surface area contributed by atoms with E-state index in [1.807, 2.05) is 29.8 Å². The van der Waals surface area contributed by atoms with Gasteiger partial charge in [0.2, 0.25) is 0 Å². The van der Waals surface area contributed by atoms with Crippen LogP contribution in [0.2, 0.25) is 5.15 Å². The van der Waals surface area contributed by atoms with E-state index in [9.17, 15) is 4.79 Å². The molecule has 0 fully saturated rings. The quantitative estimate of drug-likeness (QED) is 0.529. The molecule has 1 aromatic carbocycles. The number of nitrogens with zero attached hydrogens (tertiary/aromatic N) is 3. The zero-order valence-corrected chi connectivity index (χ0v) is 15.7. The normalized spacial score (nSPS) is 11.4. The molecule has 0 aliphatic heterocycles. The summed E-state index contributed by atoms with van der Waals surface area (Å²) in [6, 6.07) is 4.16. The second-order valence-electron chi connectivity index (χ2n) is 5.76.